The fourth-order valence-corrected chi connectivity index (χ4v) is 1.63. The van der Waals surface area contributed by atoms with Crippen LogP contribution in [0.25, 0.3) is 11.1 Å². The summed E-state index contributed by atoms with van der Waals surface area (Å²) in [4.78, 5) is 0. The Balaban J connectivity index is 2.67. The van der Waals surface area contributed by atoms with E-state index < -0.39 is 17.7 Å². The molecule has 1 aromatic heterocycles. The van der Waals surface area contributed by atoms with Gasteiger partial charge in [-0.15, -0.1) is 0 Å². The lowest BCUT2D eigenvalue weighted by Gasteiger charge is -2.09. The quantitative estimate of drug-likeness (QED) is 0.846. The fraction of sp³-hybridized carbons (Fsp3) is 0.182. The van der Waals surface area contributed by atoms with Gasteiger partial charge in [-0.2, -0.15) is 0 Å². The van der Waals surface area contributed by atoms with Crippen LogP contribution in [0.15, 0.2) is 22.9 Å². The first-order valence-corrected chi connectivity index (χ1v) is 4.83. The molecule has 0 radical (unpaired) electrons. The van der Waals surface area contributed by atoms with Crippen molar-refractivity contribution in [2.24, 2.45) is 0 Å². The van der Waals surface area contributed by atoms with E-state index in [1.807, 2.05) is 0 Å². The first-order chi connectivity index (χ1) is 8.00. The molecular weight excluding hydrogens is 230 g/mol. The van der Waals surface area contributed by atoms with E-state index in [1.165, 1.54) is 12.3 Å². The lowest BCUT2D eigenvalue weighted by atomic mass is 10.0. The Bertz CT molecular complexity index is 552. The van der Waals surface area contributed by atoms with Gasteiger partial charge in [-0.05, 0) is 24.6 Å². The monoisotopic (exact) mass is 240 g/mol. The lowest BCUT2D eigenvalue weighted by Crippen LogP contribution is -1.92. The largest absolute Gasteiger partial charge is 0.507 e. The van der Waals surface area contributed by atoms with Crippen molar-refractivity contribution in [3.8, 4) is 16.9 Å². The number of alkyl halides is 2. The van der Waals surface area contributed by atoms with Crippen LogP contribution >= 0.6 is 0 Å². The molecule has 90 valence electrons. The molecule has 4 nitrogen and oxygen atoms in total. The smallest absolute Gasteiger partial charge is 0.267 e. The van der Waals surface area contributed by atoms with Crippen LogP contribution in [0.4, 0.5) is 14.7 Å². The van der Waals surface area contributed by atoms with Gasteiger partial charge in [-0.1, -0.05) is 5.16 Å². The predicted octanol–water partition coefficient (Wildman–Crippen LogP) is 2.88. The number of halogens is 2. The number of aromatic nitrogens is 1. The second kappa shape index (κ2) is 4.04. The van der Waals surface area contributed by atoms with Crippen molar-refractivity contribution in [3.05, 3.63) is 29.5 Å². The number of nitrogen functional groups attached to an aromatic ring is 1. The van der Waals surface area contributed by atoms with Gasteiger partial charge in [0.25, 0.3) is 6.43 Å². The first-order valence-electron chi connectivity index (χ1n) is 4.83. The Kier molecular flexibility index (Phi) is 2.71. The average Bonchev–Trinajstić information content (AvgIpc) is 2.67. The Morgan fingerprint density at radius 3 is 2.59 bits per heavy atom. The zero-order valence-corrected chi connectivity index (χ0v) is 8.95. The molecule has 1 aromatic carbocycles. The zero-order valence-electron chi connectivity index (χ0n) is 8.95. The summed E-state index contributed by atoms with van der Waals surface area (Å²) >= 11 is 0. The molecule has 2 aromatic rings. The van der Waals surface area contributed by atoms with Gasteiger partial charge >= 0.3 is 0 Å². The third kappa shape index (κ3) is 1.93. The molecule has 0 saturated carbocycles. The lowest BCUT2D eigenvalue weighted by molar-refractivity contribution is 0.147. The second-order valence-corrected chi connectivity index (χ2v) is 3.65. The summed E-state index contributed by atoms with van der Waals surface area (Å²) in [6.07, 6.45) is -1.48. The van der Waals surface area contributed by atoms with E-state index in [2.05, 4.69) is 9.68 Å². The van der Waals surface area contributed by atoms with Crippen LogP contribution in [-0.4, -0.2) is 10.3 Å². The highest BCUT2D eigenvalue weighted by Gasteiger charge is 2.20. The van der Waals surface area contributed by atoms with Crippen molar-refractivity contribution >= 4 is 5.88 Å². The van der Waals surface area contributed by atoms with Gasteiger partial charge in [0.2, 0.25) is 5.88 Å². The van der Waals surface area contributed by atoms with Crippen molar-refractivity contribution in [2.45, 2.75) is 13.3 Å². The SMILES string of the molecule is Cc1cc(-c2cnoc2N)c(O)c(C(F)F)c1. The van der Waals surface area contributed by atoms with Crippen molar-refractivity contribution < 1.29 is 18.4 Å². The van der Waals surface area contributed by atoms with E-state index in [0.717, 1.165) is 0 Å². The zero-order chi connectivity index (χ0) is 12.6. The number of hydrogen-bond acceptors (Lipinski definition) is 4. The first kappa shape index (κ1) is 11.4. The molecule has 0 aliphatic rings. The highest BCUT2D eigenvalue weighted by molar-refractivity contribution is 5.78. The number of hydrogen-bond donors (Lipinski definition) is 2. The van der Waals surface area contributed by atoms with Crippen LogP contribution in [0.5, 0.6) is 5.75 Å². The number of rotatable bonds is 2. The molecule has 0 fully saturated rings. The van der Waals surface area contributed by atoms with Gasteiger partial charge < -0.3 is 15.4 Å². The molecular formula is C11H10F2N2O2. The topological polar surface area (TPSA) is 72.3 Å². The van der Waals surface area contributed by atoms with Crippen LogP contribution in [0.3, 0.4) is 0 Å². The minimum atomic E-state index is -2.75. The predicted molar refractivity (Wildman–Crippen MR) is 57.7 cm³/mol. The van der Waals surface area contributed by atoms with Gasteiger partial charge in [0, 0.05) is 5.56 Å². The number of aromatic hydroxyl groups is 1. The second-order valence-electron chi connectivity index (χ2n) is 3.65. The standard InChI is InChI=1S/C11H10F2N2O2/c1-5-2-6(8-4-15-17-11(8)14)9(16)7(3-5)10(12)13/h2-4,10,16H,14H2,1H3. The van der Waals surface area contributed by atoms with Crippen LogP contribution in [-0.2, 0) is 0 Å². The number of nitrogens with zero attached hydrogens (tertiary/aromatic N) is 1. The molecule has 2 rings (SSSR count). The summed E-state index contributed by atoms with van der Waals surface area (Å²) in [5.41, 5.74) is 6.14. The normalized spacial score (nSPS) is 11.1. The van der Waals surface area contributed by atoms with Crippen molar-refractivity contribution in [2.75, 3.05) is 5.73 Å². The molecule has 1 heterocycles. The summed E-state index contributed by atoms with van der Waals surface area (Å²) in [5, 5.41) is 13.2. The number of nitrogens with two attached hydrogens (primary N) is 1. The summed E-state index contributed by atoms with van der Waals surface area (Å²) in [6, 6.07) is 2.78. The molecule has 6 heteroatoms. The molecule has 3 N–H and O–H groups in total. The molecule has 0 unspecified atom stereocenters. The molecule has 0 saturated heterocycles. The number of phenolic OH excluding ortho intramolecular Hbond substituents is 1. The van der Waals surface area contributed by atoms with Crippen molar-refractivity contribution in [3.63, 3.8) is 0 Å². The van der Waals surface area contributed by atoms with Crippen molar-refractivity contribution in [1.82, 2.24) is 5.16 Å². The highest BCUT2D eigenvalue weighted by atomic mass is 19.3. The maximum atomic E-state index is 12.7. The highest BCUT2D eigenvalue weighted by Crippen LogP contribution is 2.39. The fourth-order valence-electron chi connectivity index (χ4n) is 1.63. The van der Waals surface area contributed by atoms with Crippen molar-refractivity contribution in [1.29, 1.82) is 0 Å². The molecule has 0 aliphatic heterocycles. The van der Waals surface area contributed by atoms with Crippen LogP contribution < -0.4 is 5.73 Å². The minimum absolute atomic E-state index is 0.0221. The van der Waals surface area contributed by atoms with Gasteiger partial charge in [-0.25, -0.2) is 8.78 Å². The third-order valence-electron chi connectivity index (χ3n) is 2.41. The van der Waals surface area contributed by atoms with Crippen LogP contribution in [0.2, 0.25) is 0 Å². The van der Waals surface area contributed by atoms with Gasteiger partial charge in [-0.3, -0.25) is 0 Å². The van der Waals surface area contributed by atoms with E-state index in [0.29, 0.717) is 11.1 Å². The molecule has 17 heavy (non-hydrogen) atoms. The van der Waals surface area contributed by atoms with Crippen LogP contribution in [0.1, 0.15) is 17.6 Å². The maximum absolute atomic E-state index is 12.7. The summed E-state index contributed by atoms with van der Waals surface area (Å²) in [5.74, 6) is -0.522. The number of anilines is 1. The minimum Gasteiger partial charge on any atom is -0.507 e. The van der Waals surface area contributed by atoms with E-state index in [-0.39, 0.29) is 11.4 Å². The molecule has 0 bridgehead atoms. The van der Waals surface area contributed by atoms with Gasteiger partial charge in [0.15, 0.2) is 0 Å². The summed E-state index contributed by atoms with van der Waals surface area (Å²) < 4.78 is 30.0. The number of benzene rings is 1. The molecule has 0 aliphatic carbocycles. The summed E-state index contributed by atoms with van der Waals surface area (Å²) in [6.45, 7) is 1.65. The van der Waals surface area contributed by atoms with E-state index in [1.54, 1.807) is 13.0 Å². The average molecular weight is 240 g/mol. The number of phenols is 1. The van der Waals surface area contributed by atoms with E-state index in [9.17, 15) is 13.9 Å². The van der Waals surface area contributed by atoms with Gasteiger partial charge in [0.1, 0.15) is 5.75 Å². The van der Waals surface area contributed by atoms with E-state index in [4.69, 9.17) is 5.73 Å². The Labute approximate surface area is 95.6 Å². The Morgan fingerprint density at radius 2 is 2.06 bits per heavy atom. The van der Waals surface area contributed by atoms with E-state index >= 15 is 0 Å². The Morgan fingerprint density at radius 1 is 1.35 bits per heavy atom. The van der Waals surface area contributed by atoms with Gasteiger partial charge in [0.05, 0.1) is 17.3 Å². The third-order valence-corrected chi connectivity index (χ3v) is 2.41. The summed E-state index contributed by atoms with van der Waals surface area (Å²) in [7, 11) is 0. The molecule has 0 amide bonds. The maximum Gasteiger partial charge on any atom is 0.267 e. The molecule has 0 atom stereocenters. The van der Waals surface area contributed by atoms with Crippen LogP contribution in [0, 0.1) is 6.92 Å². The molecule has 0 spiro atoms. The number of aryl methyl sites for hydroxylation is 1. The Hall–Kier alpha value is -2.11.